The number of carboxylic acid groups (broad SMARTS) is 1. The molecular weight excluding hydrogens is 254 g/mol. The zero-order valence-corrected chi connectivity index (χ0v) is 12.2. The summed E-state index contributed by atoms with van der Waals surface area (Å²) in [7, 11) is 0. The second-order valence-electron chi connectivity index (χ2n) is 6.06. The van der Waals surface area contributed by atoms with Crippen LogP contribution in [0.15, 0.2) is 12.2 Å². The van der Waals surface area contributed by atoms with E-state index in [1.54, 1.807) is 0 Å². The van der Waals surface area contributed by atoms with E-state index in [0.717, 1.165) is 19.3 Å². The van der Waals surface area contributed by atoms with Crippen molar-refractivity contribution in [2.24, 2.45) is 17.8 Å². The van der Waals surface area contributed by atoms with E-state index in [2.05, 4.69) is 12.2 Å². The highest BCUT2D eigenvalue weighted by Gasteiger charge is 2.35. The van der Waals surface area contributed by atoms with Crippen molar-refractivity contribution in [2.45, 2.75) is 57.9 Å². The largest absolute Gasteiger partial charge is 0.481 e. The van der Waals surface area contributed by atoms with Crippen LogP contribution in [0.25, 0.3) is 0 Å². The molecule has 1 fully saturated rings. The molecular formula is C16H25NO3. The fourth-order valence-electron chi connectivity index (χ4n) is 3.55. The molecule has 0 aliphatic heterocycles. The quantitative estimate of drug-likeness (QED) is 0.778. The lowest BCUT2D eigenvalue weighted by atomic mass is 9.80. The third-order valence-electron chi connectivity index (χ3n) is 4.85. The van der Waals surface area contributed by atoms with E-state index in [1.807, 2.05) is 12.2 Å². The predicted octanol–water partition coefficient (Wildman–Crippen LogP) is 2.74. The van der Waals surface area contributed by atoms with Gasteiger partial charge < -0.3 is 10.4 Å². The molecule has 2 aliphatic carbocycles. The van der Waals surface area contributed by atoms with Gasteiger partial charge in [-0.3, -0.25) is 9.59 Å². The Bertz CT molecular complexity index is 391. The molecule has 1 saturated carbocycles. The Hall–Kier alpha value is -1.32. The zero-order valence-electron chi connectivity index (χ0n) is 12.2. The van der Waals surface area contributed by atoms with Crippen molar-refractivity contribution in [3.05, 3.63) is 12.2 Å². The maximum Gasteiger partial charge on any atom is 0.307 e. The summed E-state index contributed by atoms with van der Waals surface area (Å²) in [6.07, 6.45) is 10.5. The van der Waals surface area contributed by atoms with E-state index in [-0.39, 0.29) is 11.9 Å². The number of carboxylic acids is 1. The molecule has 4 atom stereocenters. The third kappa shape index (κ3) is 3.41. The van der Waals surface area contributed by atoms with Gasteiger partial charge in [-0.1, -0.05) is 38.3 Å². The molecule has 112 valence electrons. The molecule has 20 heavy (non-hydrogen) atoms. The first-order valence-corrected chi connectivity index (χ1v) is 7.81. The molecule has 4 unspecified atom stereocenters. The molecule has 2 N–H and O–H groups in total. The number of allylic oxidation sites excluding steroid dienone is 2. The van der Waals surface area contributed by atoms with Crippen molar-refractivity contribution < 1.29 is 14.7 Å². The second kappa shape index (κ2) is 6.91. The van der Waals surface area contributed by atoms with E-state index in [1.165, 1.54) is 12.8 Å². The maximum atomic E-state index is 12.4. The van der Waals surface area contributed by atoms with Crippen LogP contribution in [0.3, 0.4) is 0 Å². The van der Waals surface area contributed by atoms with Crippen molar-refractivity contribution in [2.75, 3.05) is 0 Å². The number of hydrogen-bond donors (Lipinski definition) is 2. The Morgan fingerprint density at radius 1 is 1.15 bits per heavy atom. The molecule has 0 aromatic heterocycles. The van der Waals surface area contributed by atoms with Gasteiger partial charge in [0.15, 0.2) is 0 Å². The van der Waals surface area contributed by atoms with Crippen LogP contribution in [0.5, 0.6) is 0 Å². The monoisotopic (exact) mass is 279 g/mol. The summed E-state index contributed by atoms with van der Waals surface area (Å²) in [6, 6.07) is 0.238. The van der Waals surface area contributed by atoms with E-state index >= 15 is 0 Å². The Labute approximate surface area is 120 Å². The average Bonchev–Trinajstić information content (AvgIpc) is 2.47. The van der Waals surface area contributed by atoms with Crippen LogP contribution in [0.1, 0.15) is 51.9 Å². The highest BCUT2D eigenvalue weighted by Crippen LogP contribution is 2.29. The molecule has 4 nitrogen and oxygen atoms in total. The first-order valence-electron chi connectivity index (χ1n) is 7.81. The number of rotatable bonds is 4. The van der Waals surface area contributed by atoms with Crippen LogP contribution < -0.4 is 5.32 Å². The molecule has 2 rings (SSSR count). The minimum atomic E-state index is -0.856. The van der Waals surface area contributed by atoms with Crippen molar-refractivity contribution in [1.82, 2.24) is 5.32 Å². The topological polar surface area (TPSA) is 66.4 Å². The third-order valence-corrected chi connectivity index (χ3v) is 4.85. The van der Waals surface area contributed by atoms with Crippen LogP contribution in [0, 0.1) is 17.8 Å². The van der Waals surface area contributed by atoms with Gasteiger partial charge in [0.1, 0.15) is 0 Å². The van der Waals surface area contributed by atoms with E-state index in [0.29, 0.717) is 18.8 Å². The van der Waals surface area contributed by atoms with Crippen LogP contribution in [-0.4, -0.2) is 23.0 Å². The average molecular weight is 279 g/mol. The van der Waals surface area contributed by atoms with E-state index in [4.69, 9.17) is 0 Å². The van der Waals surface area contributed by atoms with E-state index in [9.17, 15) is 14.7 Å². The minimum Gasteiger partial charge on any atom is -0.481 e. The molecule has 4 heteroatoms. The maximum absolute atomic E-state index is 12.4. The Morgan fingerprint density at radius 3 is 2.45 bits per heavy atom. The molecule has 0 heterocycles. The van der Waals surface area contributed by atoms with Crippen molar-refractivity contribution >= 4 is 11.9 Å². The molecule has 0 saturated heterocycles. The number of aliphatic carboxylic acids is 1. The SMILES string of the molecule is CCC1CCCCC1NC(=O)C1CC=CCC1C(=O)O. The molecule has 2 aliphatic rings. The summed E-state index contributed by atoms with van der Waals surface area (Å²) >= 11 is 0. The molecule has 0 aromatic rings. The van der Waals surface area contributed by atoms with Crippen molar-refractivity contribution in [3.8, 4) is 0 Å². The Morgan fingerprint density at radius 2 is 1.80 bits per heavy atom. The minimum absolute atomic E-state index is 0.0629. The van der Waals surface area contributed by atoms with Gasteiger partial charge in [0.2, 0.25) is 5.91 Å². The number of amides is 1. The predicted molar refractivity (Wildman–Crippen MR) is 77.2 cm³/mol. The zero-order chi connectivity index (χ0) is 14.5. The molecule has 0 radical (unpaired) electrons. The molecule has 0 bridgehead atoms. The summed E-state index contributed by atoms with van der Waals surface area (Å²) < 4.78 is 0. The summed E-state index contributed by atoms with van der Waals surface area (Å²) in [5, 5.41) is 12.4. The first kappa shape index (κ1) is 15.1. The Kier molecular flexibility index (Phi) is 5.21. The second-order valence-corrected chi connectivity index (χ2v) is 6.06. The first-order chi connectivity index (χ1) is 9.63. The summed E-state index contributed by atoms with van der Waals surface area (Å²) in [5.41, 5.74) is 0. The number of carbonyl (C=O) groups is 2. The summed E-state index contributed by atoms with van der Waals surface area (Å²) in [6.45, 7) is 2.17. The highest BCUT2D eigenvalue weighted by molar-refractivity contribution is 5.85. The van der Waals surface area contributed by atoms with Crippen molar-refractivity contribution in [1.29, 1.82) is 0 Å². The van der Waals surface area contributed by atoms with Gasteiger partial charge in [0.25, 0.3) is 0 Å². The van der Waals surface area contributed by atoms with Gasteiger partial charge in [0.05, 0.1) is 11.8 Å². The highest BCUT2D eigenvalue weighted by atomic mass is 16.4. The number of carbonyl (C=O) groups excluding carboxylic acids is 1. The normalized spacial score (nSPS) is 33.6. The standard InChI is InChI=1S/C16H25NO3/c1-2-11-7-3-6-10-14(11)17-15(18)12-8-4-5-9-13(12)16(19)20/h4-5,11-14H,2-3,6-10H2,1H3,(H,17,18)(H,19,20). The number of nitrogens with one attached hydrogen (secondary N) is 1. The van der Waals surface area contributed by atoms with E-state index < -0.39 is 17.8 Å². The lowest BCUT2D eigenvalue weighted by Crippen LogP contribution is -2.47. The molecule has 0 spiro atoms. The fraction of sp³-hybridized carbons (Fsp3) is 0.750. The summed E-state index contributed by atoms with van der Waals surface area (Å²) in [5.74, 6) is -1.34. The van der Waals surface area contributed by atoms with Gasteiger partial charge in [-0.05, 0) is 31.6 Å². The van der Waals surface area contributed by atoms with Crippen LogP contribution >= 0.6 is 0 Å². The fourth-order valence-corrected chi connectivity index (χ4v) is 3.55. The van der Waals surface area contributed by atoms with Gasteiger partial charge >= 0.3 is 5.97 Å². The van der Waals surface area contributed by atoms with Gasteiger partial charge in [0, 0.05) is 6.04 Å². The lowest BCUT2D eigenvalue weighted by molar-refractivity contribution is -0.147. The summed E-state index contributed by atoms with van der Waals surface area (Å²) in [4.78, 5) is 23.7. The van der Waals surface area contributed by atoms with Gasteiger partial charge in [-0.25, -0.2) is 0 Å². The van der Waals surface area contributed by atoms with Crippen LogP contribution in [0.4, 0.5) is 0 Å². The molecule has 1 amide bonds. The van der Waals surface area contributed by atoms with Crippen LogP contribution in [-0.2, 0) is 9.59 Å². The molecule has 0 aromatic carbocycles. The van der Waals surface area contributed by atoms with Crippen LogP contribution in [0.2, 0.25) is 0 Å². The smallest absolute Gasteiger partial charge is 0.307 e. The number of hydrogen-bond acceptors (Lipinski definition) is 2. The Balaban J connectivity index is 1.99. The van der Waals surface area contributed by atoms with Crippen molar-refractivity contribution in [3.63, 3.8) is 0 Å². The lowest BCUT2D eigenvalue weighted by Gasteiger charge is -2.34. The van der Waals surface area contributed by atoms with Gasteiger partial charge in [-0.2, -0.15) is 0 Å². The van der Waals surface area contributed by atoms with Gasteiger partial charge in [-0.15, -0.1) is 0 Å².